The number of nitrogens with zero attached hydrogens (tertiary/aromatic N) is 3. The molecule has 1 aliphatic heterocycles. The molecule has 0 aliphatic carbocycles. The SMILES string of the molecule is N#Cc1ccc(CNC(=O)Cn2nc(-c3ccc4c(c3)OCCCO4)ccc2=O)cc1. The minimum Gasteiger partial charge on any atom is -0.490 e. The molecule has 1 aromatic heterocycles. The molecule has 8 nitrogen and oxygen atoms in total. The van der Waals surface area contributed by atoms with Crippen molar-refractivity contribution in [1.29, 1.82) is 5.26 Å². The van der Waals surface area contributed by atoms with Gasteiger partial charge in [0, 0.05) is 24.6 Å². The Hall–Kier alpha value is -4.12. The molecular weight excluding hydrogens is 396 g/mol. The van der Waals surface area contributed by atoms with E-state index in [-0.39, 0.29) is 18.0 Å². The first-order chi connectivity index (χ1) is 15.1. The van der Waals surface area contributed by atoms with Gasteiger partial charge < -0.3 is 14.8 Å². The number of nitrogens with one attached hydrogen (secondary N) is 1. The van der Waals surface area contributed by atoms with Gasteiger partial charge >= 0.3 is 0 Å². The predicted molar refractivity (Wildman–Crippen MR) is 113 cm³/mol. The van der Waals surface area contributed by atoms with Crippen molar-refractivity contribution in [3.63, 3.8) is 0 Å². The lowest BCUT2D eigenvalue weighted by Crippen LogP contribution is -2.33. The first-order valence-corrected chi connectivity index (χ1v) is 9.86. The van der Waals surface area contributed by atoms with Crippen LogP contribution in [-0.4, -0.2) is 28.9 Å². The van der Waals surface area contributed by atoms with Gasteiger partial charge in [-0.2, -0.15) is 10.4 Å². The van der Waals surface area contributed by atoms with Crippen LogP contribution in [-0.2, 0) is 17.9 Å². The number of benzene rings is 2. The number of carbonyl (C=O) groups excluding carboxylic acids is 1. The fourth-order valence-electron chi connectivity index (χ4n) is 3.13. The van der Waals surface area contributed by atoms with E-state index in [2.05, 4.69) is 10.4 Å². The second-order valence-electron chi connectivity index (χ2n) is 7.01. The van der Waals surface area contributed by atoms with Gasteiger partial charge in [-0.3, -0.25) is 9.59 Å². The minimum absolute atomic E-state index is 0.201. The van der Waals surface area contributed by atoms with Crippen molar-refractivity contribution in [3.8, 4) is 28.8 Å². The quantitative estimate of drug-likeness (QED) is 0.684. The van der Waals surface area contributed by atoms with Crippen LogP contribution in [0.5, 0.6) is 11.5 Å². The summed E-state index contributed by atoms with van der Waals surface area (Å²) in [6, 6.07) is 17.5. The van der Waals surface area contributed by atoms with Gasteiger partial charge in [-0.05, 0) is 42.0 Å². The van der Waals surface area contributed by atoms with Crippen LogP contribution in [0.4, 0.5) is 0 Å². The fourth-order valence-corrected chi connectivity index (χ4v) is 3.13. The summed E-state index contributed by atoms with van der Waals surface area (Å²) in [5, 5.41) is 15.9. The highest BCUT2D eigenvalue weighted by Crippen LogP contribution is 2.33. The monoisotopic (exact) mass is 416 g/mol. The van der Waals surface area contributed by atoms with Crippen LogP contribution in [0.15, 0.2) is 59.4 Å². The zero-order valence-electron chi connectivity index (χ0n) is 16.7. The summed E-state index contributed by atoms with van der Waals surface area (Å²) in [4.78, 5) is 24.5. The molecular formula is C23H20N4O4. The van der Waals surface area contributed by atoms with Crippen molar-refractivity contribution in [2.45, 2.75) is 19.5 Å². The van der Waals surface area contributed by atoms with Crippen LogP contribution in [0.25, 0.3) is 11.3 Å². The molecule has 2 aromatic carbocycles. The second-order valence-corrected chi connectivity index (χ2v) is 7.01. The molecule has 8 heteroatoms. The molecule has 0 radical (unpaired) electrons. The van der Waals surface area contributed by atoms with Crippen LogP contribution < -0.4 is 20.3 Å². The number of carbonyl (C=O) groups is 1. The molecule has 0 saturated carbocycles. The van der Waals surface area contributed by atoms with E-state index < -0.39 is 0 Å². The normalized spacial score (nSPS) is 12.5. The first-order valence-electron chi connectivity index (χ1n) is 9.86. The van der Waals surface area contributed by atoms with E-state index in [1.54, 1.807) is 30.3 Å². The van der Waals surface area contributed by atoms with E-state index in [1.807, 2.05) is 24.3 Å². The summed E-state index contributed by atoms with van der Waals surface area (Å²) in [7, 11) is 0. The zero-order valence-corrected chi connectivity index (χ0v) is 16.7. The Morgan fingerprint density at radius 1 is 1.06 bits per heavy atom. The molecule has 1 N–H and O–H groups in total. The molecule has 0 fully saturated rings. The summed E-state index contributed by atoms with van der Waals surface area (Å²) in [6.45, 7) is 1.27. The lowest BCUT2D eigenvalue weighted by atomic mass is 10.1. The first kappa shape index (κ1) is 20.2. The molecule has 156 valence electrons. The Morgan fingerprint density at radius 3 is 2.61 bits per heavy atom. The second kappa shape index (κ2) is 9.13. The predicted octanol–water partition coefficient (Wildman–Crippen LogP) is 2.26. The van der Waals surface area contributed by atoms with Crippen molar-refractivity contribution in [2.24, 2.45) is 0 Å². The smallest absolute Gasteiger partial charge is 0.267 e. The van der Waals surface area contributed by atoms with Gasteiger partial charge in [0.25, 0.3) is 5.56 Å². The standard InChI is InChI=1S/C23H20N4O4/c24-13-16-2-4-17(5-3-16)14-25-22(28)15-27-23(29)9-7-19(26-27)18-6-8-20-21(12-18)31-11-1-10-30-20/h2-9,12H,1,10-11,14-15H2,(H,25,28). The van der Waals surface area contributed by atoms with Crippen LogP contribution in [0, 0.1) is 11.3 Å². The third-order valence-electron chi connectivity index (χ3n) is 4.78. The van der Waals surface area contributed by atoms with Crippen molar-refractivity contribution >= 4 is 5.91 Å². The number of rotatable bonds is 5. The maximum absolute atomic E-state index is 12.3. The van der Waals surface area contributed by atoms with Gasteiger partial charge in [-0.15, -0.1) is 0 Å². The minimum atomic E-state index is -0.369. The fraction of sp³-hybridized carbons (Fsp3) is 0.217. The topological polar surface area (TPSA) is 106 Å². The molecule has 0 unspecified atom stereocenters. The average Bonchev–Trinajstić information content (AvgIpc) is 3.04. The number of hydrogen-bond donors (Lipinski definition) is 1. The summed E-state index contributed by atoms with van der Waals surface area (Å²) < 4.78 is 12.5. The maximum Gasteiger partial charge on any atom is 0.267 e. The van der Waals surface area contributed by atoms with Gasteiger partial charge in [0.15, 0.2) is 11.5 Å². The molecule has 2 heterocycles. The highest BCUT2D eigenvalue weighted by molar-refractivity contribution is 5.75. The van der Waals surface area contributed by atoms with Gasteiger partial charge in [0.1, 0.15) is 6.54 Å². The molecule has 3 aromatic rings. The van der Waals surface area contributed by atoms with E-state index in [0.717, 1.165) is 22.2 Å². The Morgan fingerprint density at radius 2 is 1.84 bits per heavy atom. The van der Waals surface area contributed by atoms with E-state index in [1.165, 1.54) is 6.07 Å². The van der Waals surface area contributed by atoms with Crippen LogP contribution in [0.1, 0.15) is 17.5 Å². The molecule has 4 rings (SSSR count). The van der Waals surface area contributed by atoms with Crippen molar-refractivity contribution in [2.75, 3.05) is 13.2 Å². The van der Waals surface area contributed by atoms with E-state index in [4.69, 9.17) is 14.7 Å². The van der Waals surface area contributed by atoms with E-state index in [9.17, 15) is 9.59 Å². The highest BCUT2D eigenvalue weighted by atomic mass is 16.5. The van der Waals surface area contributed by atoms with Crippen molar-refractivity contribution in [3.05, 3.63) is 76.1 Å². The average molecular weight is 416 g/mol. The molecule has 1 aliphatic rings. The molecule has 0 saturated heterocycles. The molecule has 0 spiro atoms. The Kier molecular flexibility index (Phi) is 5.94. The highest BCUT2D eigenvalue weighted by Gasteiger charge is 2.13. The zero-order chi connectivity index (χ0) is 21.6. The summed E-state index contributed by atoms with van der Waals surface area (Å²) in [5.41, 5.74) is 2.35. The van der Waals surface area contributed by atoms with Gasteiger partial charge in [-0.25, -0.2) is 4.68 Å². The number of amides is 1. The molecule has 1 amide bonds. The third-order valence-corrected chi connectivity index (χ3v) is 4.78. The van der Waals surface area contributed by atoms with Crippen LogP contribution >= 0.6 is 0 Å². The number of ether oxygens (including phenoxy) is 2. The summed E-state index contributed by atoms with van der Waals surface area (Å²) in [6.07, 6.45) is 0.810. The van der Waals surface area contributed by atoms with Crippen molar-refractivity contribution in [1.82, 2.24) is 15.1 Å². The molecule has 31 heavy (non-hydrogen) atoms. The van der Waals surface area contributed by atoms with Crippen LogP contribution in [0.2, 0.25) is 0 Å². The van der Waals surface area contributed by atoms with Gasteiger partial charge in [-0.1, -0.05) is 12.1 Å². The Labute approximate surface area is 178 Å². The third kappa shape index (κ3) is 4.90. The van der Waals surface area contributed by atoms with Crippen LogP contribution in [0.3, 0.4) is 0 Å². The Bertz CT molecular complexity index is 1200. The molecule has 0 atom stereocenters. The largest absolute Gasteiger partial charge is 0.490 e. The maximum atomic E-state index is 12.3. The van der Waals surface area contributed by atoms with Crippen molar-refractivity contribution < 1.29 is 14.3 Å². The molecule has 0 bridgehead atoms. The Balaban J connectivity index is 1.46. The van der Waals surface area contributed by atoms with Gasteiger partial charge in [0.05, 0.1) is 30.5 Å². The lowest BCUT2D eigenvalue weighted by molar-refractivity contribution is -0.122. The summed E-state index contributed by atoms with van der Waals surface area (Å²) >= 11 is 0. The van der Waals surface area contributed by atoms with E-state index >= 15 is 0 Å². The van der Waals surface area contributed by atoms with Gasteiger partial charge in [0.2, 0.25) is 5.91 Å². The lowest BCUT2D eigenvalue weighted by Gasteiger charge is -2.11. The number of hydrogen-bond acceptors (Lipinski definition) is 6. The number of fused-ring (bicyclic) bond motifs is 1. The summed E-state index contributed by atoms with van der Waals surface area (Å²) in [5.74, 6) is 0.973. The number of nitriles is 1. The van der Waals surface area contributed by atoms with E-state index in [0.29, 0.717) is 42.5 Å². The number of aromatic nitrogens is 2.